The van der Waals surface area contributed by atoms with Gasteiger partial charge in [-0.15, -0.1) is 0 Å². The molecule has 2 N–H and O–H groups in total. The van der Waals surface area contributed by atoms with E-state index in [-0.39, 0.29) is 0 Å². The third kappa shape index (κ3) is 4.14. The van der Waals surface area contributed by atoms with Crippen molar-refractivity contribution in [2.45, 2.75) is 25.6 Å². The first kappa shape index (κ1) is 22.4. The molecule has 1 aromatic carbocycles. The molecule has 8 nitrogen and oxygen atoms in total. The number of aromatic amines is 1. The molecule has 1 aliphatic rings. The normalized spacial score (nSPS) is 16.6. The molecule has 0 spiro atoms. The molecule has 0 aliphatic carbocycles. The second-order valence-electron chi connectivity index (χ2n) is 8.15. The number of fused-ring (bicyclic) bond motifs is 1. The van der Waals surface area contributed by atoms with E-state index < -0.39 is 12.2 Å². The Morgan fingerprint density at radius 3 is 2.74 bits per heavy atom. The predicted molar refractivity (Wildman–Crippen MR) is 130 cm³/mol. The lowest BCUT2D eigenvalue weighted by atomic mass is 10.1. The van der Waals surface area contributed by atoms with E-state index in [9.17, 15) is 10.4 Å². The molecule has 2 atom stereocenters. The minimum Gasteiger partial charge on any atom is -0.486 e. The number of aliphatic hydroxyl groups is 1. The quantitative estimate of drug-likeness (QED) is 0.405. The summed E-state index contributed by atoms with van der Waals surface area (Å²) in [5, 5.41) is 28.7. The van der Waals surface area contributed by atoms with E-state index in [0.717, 1.165) is 10.9 Å². The Hall–Kier alpha value is -3.38. The number of aliphatic hydroxyl groups excluding tert-OH is 1. The van der Waals surface area contributed by atoms with Gasteiger partial charge in [-0.05, 0) is 37.6 Å². The zero-order valence-corrected chi connectivity index (χ0v) is 19.7. The summed E-state index contributed by atoms with van der Waals surface area (Å²) in [7, 11) is 0. The Morgan fingerprint density at radius 1 is 1.24 bits per heavy atom. The van der Waals surface area contributed by atoms with E-state index in [1.54, 1.807) is 12.3 Å². The van der Waals surface area contributed by atoms with Gasteiger partial charge in [0.2, 0.25) is 0 Å². The van der Waals surface area contributed by atoms with E-state index in [4.69, 9.17) is 27.9 Å². The minimum atomic E-state index is -0.405. The molecule has 3 aromatic heterocycles. The lowest BCUT2D eigenvalue weighted by Gasteiger charge is -2.18. The monoisotopic (exact) mass is 494 g/mol. The number of benzene rings is 1. The number of halogens is 2. The van der Waals surface area contributed by atoms with Crippen LogP contribution in [0, 0.1) is 11.3 Å². The average Bonchev–Trinajstić information content (AvgIpc) is 3.44. The first-order chi connectivity index (χ1) is 16.4. The molecular weight excluding hydrogens is 475 g/mol. The molecule has 1 aliphatic heterocycles. The van der Waals surface area contributed by atoms with Crippen molar-refractivity contribution >= 4 is 39.9 Å². The minimum absolute atomic E-state index is 0.402. The van der Waals surface area contributed by atoms with Crippen LogP contribution in [0.2, 0.25) is 10.0 Å². The number of anilines is 1. The fourth-order valence-electron chi connectivity index (χ4n) is 4.21. The van der Waals surface area contributed by atoms with E-state index in [0.29, 0.717) is 63.5 Å². The Kier molecular flexibility index (Phi) is 6.00. The number of hydrogen-bond acceptors (Lipinski definition) is 7. The summed E-state index contributed by atoms with van der Waals surface area (Å²) in [5.41, 5.74) is 3.28. The van der Waals surface area contributed by atoms with Crippen LogP contribution >= 0.6 is 23.2 Å². The van der Waals surface area contributed by atoms with Crippen LogP contribution in [0.3, 0.4) is 0 Å². The molecule has 0 bridgehead atoms. The van der Waals surface area contributed by atoms with Crippen molar-refractivity contribution in [3.8, 4) is 23.1 Å². The number of rotatable bonds is 5. The molecule has 5 rings (SSSR count). The highest BCUT2D eigenvalue weighted by Crippen LogP contribution is 2.35. The summed E-state index contributed by atoms with van der Waals surface area (Å²) >= 11 is 12.6. The molecule has 172 valence electrons. The number of nitrogens with zero attached hydrogens (tertiary/aromatic N) is 5. The summed E-state index contributed by atoms with van der Waals surface area (Å²) in [5.74, 6) is 1.19. The average molecular weight is 495 g/mol. The largest absolute Gasteiger partial charge is 0.486 e. The Morgan fingerprint density at radius 2 is 2.03 bits per heavy atom. The van der Waals surface area contributed by atoms with Crippen molar-refractivity contribution in [2.75, 3.05) is 18.0 Å². The Labute approximate surface area is 205 Å². The summed E-state index contributed by atoms with van der Waals surface area (Å²) in [6.07, 6.45) is 4.62. The maximum atomic E-state index is 9.84. The second kappa shape index (κ2) is 9.11. The highest BCUT2D eigenvalue weighted by atomic mass is 35.5. The van der Waals surface area contributed by atoms with Crippen LogP contribution in [0.1, 0.15) is 30.6 Å². The number of pyridine rings is 2. The van der Waals surface area contributed by atoms with Gasteiger partial charge in [-0.1, -0.05) is 23.2 Å². The lowest BCUT2D eigenvalue weighted by Crippen LogP contribution is -2.23. The van der Waals surface area contributed by atoms with E-state index >= 15 is 0 Å². The molecule has 1 saturated heterocycles. The maximum Gasteiger partial charge on any atom is 0.146 e. The van der Waals surface area contributed by atoms with Crippen molar-refractivity contribution in [2.24, 2.45) is 0 Å². The lowest BCUT2D eigenvalue weighted by molar-refractivity contribution is 0.198. The highest BCUT2D eigenvalue weighted by Gasteiger charge is 2.24. The molecule has 34 heavy (non-hydrogen) atoms. The van der Waals surface area contributed by atoms with Crippen LogP contribution in [0.15, 0.2) is 42.9 Å². The van der Waals surface area contributed by atoms with Gasteiger partial charge in [0.25, 0.3) is 0 Å². The second-order valence-corrected chi connectivity index (χ2v) is 8.97. The molecule has 0 amide bonds. The Bertz CT molecular complexity index is 1400. The van der Waals surface area contributed by atoms with E-state index in [2.05, 4.69) is 26.2 Å². The van der Waals surface area contributed by atoms with Gasteiger partial charge >= 0.3 is 0 Å². The van der Waals surface area contributed by atoms with Crippen molar-refractivity contribution in [1.82, 2.24) is 20.2 Å². The predicted octanol–water partition coefficient (Wildman–Crippen LogP) is 4.91. The smallest absolute Gasteiger partial charge is 0.146 e. The van der Waals surface area contributed by atoms with Crippen LogP contribution in [0.25, 0.3) is 22.2 Å². The van der Waals surface area contributed by atoms with Crippen LogP contribution in [0.4, 0.5) is 5.82 Å². The van der Waals surface area contributed by atoms with Crippen molar-refractivity contribution in [3.63, 3.8) is 0 Å². The maximum absolute atomic E-state index is 9.84. The zero-order chi connectivity index (χ0) is 23.8. The third-order valence-corrected chi connectivity index (χ3v) is 6.47. The molecule has 1 unspecified atom stereocenters. The fraction of sp³-hybridized carbons (Fsp3) is 0.250. The summed E-state index contributed by atoms with van der Waals surface area (Å²) in [4.78, 5) is 10.4. The fourth-order valence-corrected chi connectivity index (χ4v) is 4.89. The molecule has 4 heterocycles. The topological polar surface area (TPSA) is 111 Å². The van der Waals surface area contributed by atoms with Gasteiger partial charge in [-0.2, -0.15) is 10.4 Å². The molecular formula is C24H20Cl2N6O2. The van der Waals surface area contributed by atoms with Gasteiger partial charge in [0.15, 0.2) is 0 Å². The van der Waals surface area contributed by atoms with E-state index in [1.165, 1.54) is 12.4 Å². The summed E-state index contributed by atoms with van der Waals surface area (Å²) in [6.45, 7) is 3.00. The molecule has 0 radical (unpaired) electrons. The van der Waals surface area contributed by atoms with Gasteiger partial charge in [0.05, 0.1) is 27.2 Å². The molecule has 0 saturated carbocycles. The Balaban J connectivity index is 1.47. The first-order valence-corrected chi connectivity index (χ1v) is 11.5. The number of hydrogen-bond donors (Lipinski definition) is 2. The van der Waals surface area contributed by atoms with E-state index in [1.807, 2.05) is 30.0 Å². The third-order valence-electron chi connectivity index (χ3n) is 5.87. The van der Waals surface area contributed by atoms with Crippen molar-refractivity contribution in [1.29, 1.82) is 5.26 Å². The van der Waals surface area contributed by atoms with Crippen molar-refractivity contribution < 1.29 is 9.84 Å². The van der Waals surface area contributed by atoms with Crippen LogP contribution in [0.5, 0.6) is 5.75 Å². The summed E-state index contributed by atoms with van der Waals surface area (Å²) in [6, 6.07) is 9.59. The van der Waals surface area contributed by atoms with Gasteiger partial charge in [0, 0.05) is 48.2 Å². The first-order valence-electron chi connectivity index (χ1n) is 10.7. The SMILES string of the molecule is CC(Oc1ccc2[nH]nc(-c3cnc(N4CC[C@@H](O)C4)c(C#N)c3)c2c1)c1c(Cl)cncc1Cl. The molecule has 1 fully saturated rings. The molecule has 4 aromatic rings. The highest BCUT2D eigenvalue weighted by molar-refractivity contribution is 6.35. The van der Waals surface area contributed by atoms with Crippen LogP contribution < -0.4 is 9.64 Å². The number of β-amino-alcohol motifs (C(OH)–C–C–N with tert-alkyl or cyclic N) is 1. The molecule has 10 heteroatoms. The number of nitrogens with one attached hydrogen (secondary N) is 1. The van der Waals surface area contributed by atoms with Crippen molar-refractivity contribution in [3.05, 3.63) is 64.0 Å². The van der Waals surface area contributed by atoms with Crippen LogP contribution in [-0.2, 0) is 0 Å². The number of ether oxygens (including phenoxy) is 1. The zero-order valence-electron chi connectivity index (χ0n) is 18.2. The van der Waals surface area contributed by atoms with Crippen LogP contribution in [-0.4, -0.2) is 44.5 Å². The van der Waals surface area contributed by atoms with Gasteiger partial charge in [0.1, 0.15) is 29.4 Å². The standard InChI is InChI=1S/C24H20Cl2N6O2/c1-13(22-19(25)10-28-11-20(22)26)34-17-2-3-21-18(7-17)23(31-30-21)15-6-14(8-27)24(29-9-15)32-5-4-16(33)12-32/h2-3,6-7,9-11,13,16,33H,4-5,12H2,1H3,(H,30,31)/t13?,16-/m1/s1. The summed E-state index contributed by atoms with van der Waals surface area (Å²) < 4.78 is 6.14. The number of aromatic nitrogens is 4. The van der Waals surface area contributed by atoms with Gasteiger partial charge < -0.3 is 14.7 Å². The van der Waals surface area contributed by atoms with Gasteiger partial charge in [-0.25, -0.2) is 4.98 Å². The number of H-pyrrole nitrogens is 1. The number of nitriles is 1. The van der Waals surface area contributed by atoms with Gasteiger partial charge in [-0.3, -0.25) is 10.1 Å².